The highest BCUT2D eigenvalue weighted by molar-refractivity contribution is 6.06. The van der Waals surface area contributed by atoms with Crippen LogP contribution in [-0.4, -0.2) is 47.7 Å². The molecule has 4 aliphatic heterocycles. The predicted molar refractivity (Wildman–Crippen MR) is 55.9 cm³/mol. The Morgan fingerprint density at radius 3 is 2.06 bits per heavy atom. The zero-order valence-corrected chi connectivity index (χ0v) is 9.67. The number of carbonyl (C=O) groups is 2. The van der Waals surface area contributed by atoms with E-state index in [2.05, 4.69) is 6.92 Å². The number of amides is 2. The van der Waals surface area contributed by atoms with Crippen LogP contribution in [-0.2, 0) is 19.1 Å². The molecule has 92 valence electrons. The van der Waals surface area contributed by atoms with Crippen LogP contribution < -0.4 is 0 Å². The maximum atomic E-state index is 12.2. The van der Waals surface area contributed by atoms with Gasteiger partial charge in [-0.3, -0.25) is 14.5 Å². The molecule has 0 aromatic heterocycles. The van der Waals surface area contributed by atoms with Crippen molar-refractivity contribution in [3.8, 4) is 0 Å². The number of fused-ring (bicyclic) bond motifs is 8. The molecule has 4 rings (SSSR count). The Morgan fingerprint density at radius 1 is 1.00 bits per heavy atom. The third kappa shape index (κ3) is 1.07. The van der Waals surface area contributed by atoms with Crippen LogP contribution >= 0.6 is 0 Å². The molecule has 4 fully saturated rings. The molecule has 0 aromatic carbocycles. The van der Waals surface area contributed by atoms with Gasteiger partial charge in [-0.05, 0) is 6.42 Å². The van der Waals surface area contributed by atoms with E-state index in [1.807, 2.05) is 0 Å². The van der Waals surface area contributed by atoms with Gasteiger partial charge in [-0.25, -0.2) is 0 Å². The SMILES string of the molecule is CCCCN1C(=O)C2C3OC(C4OC43)C2C1=O. The topological polar surface area (TPSA) is 59.1 Å². The Morgan fingerprint density at radius 2 is 1.53 bits per heavy atom. The number of rotatable bonds is 3. The van der Waals surface area contributed by atoms with Crippen molar-refractivity contribution in [2.45, 2.75) is 44.2 Å². The van der Waals surface area contributed by atoms with Crippen LogP contribution in [0.5, 0.6) is 0 Å². The van der Waals surface area contributed by atoms with Crippen molar-refractivity contribution in [2.75, 3.05) is 6.54 Å². The Balaban J connectivity index is 1.61. The van der Waals surface area contributed by atoms with Crippen molar-refractivity contribution in [2.24, 2.45) is 11.8 Å². The summed E-state index contributed by atoms with van der Waals surface area (Å²) in [6.07, 6.45) is 1.74. The van der Waals surface area contributed by atoms with Crippen LogP contribution in [0.2, 0.25) is 0 Å². The molecule has 0 saturated carbocycles. The zero-order valence-electron chi connectivity index (χ0n) is 9.67. The van der Waals surface area contributed by atoms with Crippen molar-refractivity contribution >= 4 is 11.8 Å². The molecule has 17 heavy (non-hydrogen) atoms. The average molecular weight is 237 g/mol. The summed E-state index contributed by atoms with van der Waals surface area (Å²) in [6.45, 7) is 2.62. The van der Waals surface area contributed by atoms with E-state index in [1.54, 1.807) is 0 Å². The van der Waals surface area contributed by atoms with E-state index in [9.17, 15) is 9.59 Å². The van der Waals surface area contributed by atoms with E-state index >= 15 is 0 Å². The lowest BCUT2D eigenvalue weighted by atomic mass is 9.81. The van der Waals surface area contributed by atoms with Crippen LogP contribution in [0.15, 0.2) is 0 Å². The first-order valence-electron chi connectivity index (χ1n) is 6.40. The fraction of sp³-hybridized carbons (Fsp3) is 0.833. The van der Waals surface area contributed by atoms with Crippen molar-refractivity contribution in [3.63, 3.8) is 0 Å². The Bertz CT molecular complexity index is 377. The molecule has 4 aliphatic rings. The van der Waals surface area contributed by atoms with Gasteiger partial charge in [0, 0.05) is 6.54 Å². The van der Waals surface area contributed by atoms with Gasteiger partial charge in [0.15, 0.2) is 0 Å². The Hall–Kier alpha value is -0.940. The highest BCUT2D eigenvalue weighted by Gasteiger charge is 2.75. The molecule has 2 amide bonds. The number of unbranched alkanes of at least 4 members (excludes halogenated alkanes) is 1. The lowest BCUT2D eigenvalue weighted by Gasteiger charge is -2.17. The highest BCUT2D eigenvalue weighted by Crippen LogP contribution is 2.56. The lowest BCUT2D eigenvalue weighted by Crippen LogP contribution is -2.36. The van der Waals surface area contributed by atoms with Crippen molar-refractivity contribution in [1.82, 2.24) is 4.90 Å². The first kappa shape index (κ1) is 10.0. The molecule has 6 unspecified atom stereocenters. The standard InChI is InChI=1S/C12H15NO4/c1-2-3-4-13-11(14)5-6(12(13)15)8-10-9(17-10)7(5)16-8/h5-10H,2-4H2,1H3. The lowest BCUT2D eigenvalue weighted by molar-refractivity contribution is -0.144. The molecule has 0 radical (unpaired) electrons. The van der Waals surface area contributed by atoms with Gasteiger partial charge in [0.1, 0.15) is 12.2 Å². The van der Waals surface area contributed by atoms with Crippen molar-refractivity contribution in [3.05, 3.63) is 0 Å². The predicted octanol–water partition coefficient (Wildman–Crippen LogP) is -0.0639. The van der Waals surface area contributed by atoms with E-state index < -0.39 is 0 Å². The van der Waals surface area contributed by atoms with E-state index in [4.69, 9.17) is 9.47 Å². The maximum Gasteiger partial charge on any atom is 0.235 e. The molecule has 4 saturated heterocycles. The summed E-state index contributed by atoms with van der Waals surface area (Å²) in [7, 11) is 0. The van der Waals surface area contributed by atoms with E-state index in [1.165, 1.54) is 4.90 Å². The monoisotopic (exact) mass is 237 g/mol. The molecule has 0 aromatic rings. The van der Waals surface area contributed by atoms with Gasteiger partial charge in [0.25, 0.3) is 0 Å². The van der Waals surface area contributed by atoms with E-state index in [0.29, 0.717) is 6.54 Å². The number of carbonyl (C=O) groups excluding carboxylic acids is 2. The number of nitrogens with zero attached hydrogens (tertiary/aromatic N) is 1. The maximum absolute atomic E-state index is 12.2. The smallest absolute Gasteiger partial charge is 0.235 e. The molecule has 5 heteroatoms. The largest absolute Gasteiger partial charge is 0.368 e. The second-order valence-corrected chi connectivity index (χ2v) is 5.36. The van der Waals surface area contributed by atoms with Crippen LogP contribution in [0.3, 0.4) is 0 Å². The minimum absolute atomic E-state index is 0.0325. The minimum atomic E-state index is -0.256. The van der Waals surface area contributed by atoms with Crippen molar-refractivity contribution in [1.29, 1.82) is 0 Å². The first-order valence-corrected chi connectivity index (χ1v) is 6.40. The fourth-order valence-corrected chi connectivity index (χ4v) is 3.58. The summed E-state index contributed by atoms with van der Waals surface area (Å²) in [4.78, 5) is 25.9. The van der Waals surface area contributed by atoms with Crippen LogP contribution in [0, 0.1) is 11.8 Å². The van der Waals surface area contributed by atoms with Crippen LogP contribution in [0.4, 0.5) is 0 Å². The number of hydrogen-bond acceptors (Lipinski definition) is 4. The second-order valence-electron chi connectivity index (χ2n) is 5.36. The van der Waals surface area contributed by atoms with Gasteiger partial charge >= 0.3 is 0 Å². The Kier molecular flexibility index (Phi) is 1.82. The van der Waals surface area contributed by atoms with Crippen molar-refractivity contribution < 1.29 is 19.1 Å². The van der Waals surface area contributed by atoms with Gasteiger partial charge in [-0.15, -0.1) is 0 Å². The van der Waals surface area contributed by atoms with Gasteiger partial charge < -0.3 is 9.47 Å². The average Bonchev–Trinajstić information content (AvgIpc) is 2.85. The quantitative estimate of drug-likeness (QED) is 0.509. The highest BCUT2D eigenvalue weighted by atomic mass is 16.7. The third-order valence-corrected chi connectivity index (χ3v) is 4.46. The van der Waals surface area contributed by atoms with Crippen LogP contribution in [0.1, 0.15) is 19.8 Å². The number of epoxide rings is 1. The molecular weight excluding hydrogens is 222 g/mol. The molecule has 2 bridgehead atoms. The van der Waals surface area contributed by atoms with E-state index in [-0.39, 0.29) is 48.1 Å². The summed E-state index contributed by atoms with van der Waals surface area (Å²) in [6, 6.07) is 0. The van der Waals surface area contributed by atoms with Crippen LogP contribution in [0.25, 0.3) is 0 Å². The summed E-state index contributed by atoms with van der Waals surface area (Å²) in [5.41, 5.74) is 0. The Labute approximate surface area is 99.0 Å². The molecule has 5 nitrogen and oxygen atoms in total. The number of likely N-dealkylation sites (tertiary alicyclic amines) is 1. The molecule has 0 N–H and O–H groups in total. The number of imide groups is 1. The summed E-state index contributed by atoms with van der Waals surface area (Å²) in [5, 5.41) is 0. The molecular formula is C12H15NO4. The summed E-state index contributed by atoms with van der Waals surface area (Å²) in [5.74, 6) is -0.578. The fourth-order valence-electron chi connectivity index (χ4n) is 3.58. The minimum Gasteiger partial charge on any atom is -0.368 e. The zero-order chi connectivity index (χ0) is 11.7. The van der Waals surface area contributed by atoms with Gasteiger partial charge in [-0.2, -0.15) is 0 Å². The summed E-state index contributed by atoms with van der Waals surface area (Å²) >= 11 is 0. The van der Waals surface area contributed by atoms with Gasteiger partial charge in [0.05, 0.1) is 24.0 Å². The van der Waals surface area contributed by atoms with E-state index in [0.717, 1.165) is 12.8 Å². The molecule has 4 heterocycles. The normalized spacial score (nSPS) is 49.8. The number of ether oxygens (including phenoxy) is 2. The molecule has 0 spiro atoms. The van der Waals surface area contributed by atoms with Gasteiger partial charge in [0.2, 0.25) is 11.8 Å². The second kappa shape index (κ2) is 3.09. The number of hydrogen-bond donors (Lipinski definition) is 0. The third-order valence-electron chi connectivity index (χ3n) is 4.46. The first-order chi connectivity index (χ1) is 8.24. The van der Waals surface area contributed by atoms with Gasteiger partial charge in [-0.1, -0.05) is 13.3 Å². The summed E-state index contributed by atoms with van der Waals surface area (Å²) < 4.78 is 11.1. The molecule has 6 atom stereocenters. The molecule has 0 aliphatic carbocycles.